The van der Waals surface area contributed by atoms with Crippen molar-refractivity contribution < 1.29 is 5.11 Å². The Kier molecular flexibility index (Phi) is 7.59. The molecule has 0 aromatic rings. The van der Waals surface area contributed by atoms with Crippen LogP contribution >= 0.6 is 0 Å². The van der Waals surface area contributed by atoms with Crippen LogP contribution in [0.25, 0.3) is 0 Å². The molecule has 0 amide bonds. The summed E-state index contributed by atoms with van der Waals surface area (Å²) < 4.78 is 0. The number of hydrogen-bond acceptors (Lipinski definition) is 1. The maximum absolute atomic E-state index is 8.58. The van der Waals surface area contributed by atoms with Crippen LogP contribution < -0.4 is 0 Å². The van der Waals surface area contributed by atoms with E-state index < -0.39 is 0 Å². The summed E-state index contributed by atoms with van der Waals surface area (Å²) in [6, 6.07) is 0. The largest absolute Gasteiger partial charge is 0.396 e. The molecule has 1 heteroatoms. The summed E-state index contributed by atoms with van der Waals surface area (Å²) in [5, 5.41) is 8.58. The lowest BCUT2D eigenvalue weighted by molar-refractivity contribution is 0.297. The summed E-state index contributed by atoms with van der Waals surface area (Å²) in [7, 11) is 0. The van der Waals surface area contributed by atoms with Crippen molar-refractivity contribution >= 4 is 0 Å². The fourth-order valence-electron chi connectivity index (χ4n) is 1.08. The summed E-state index contributed by atoms with van der Waals surface area (Å²) in [5.74, 6) is 0. The fraction of sp³-hybridized carbons (Fsp3) is 0.800. The van der Waals surface area contributed by atoms with Crippen LogP contribution in [-0.4, -0.2) is 11.7 Å². The Morgan fingerprint density at radius 1 is 1.18 bits per heavy atom. The van der Waals surface area contributed by atoms with Gasteiger partial charge in [-0.25, -0.2) is 0 Å². The average molecular weight is 156 g/mol. The van der Waals surface area contributed by atoms with Gasteiger partial charge >= 0.3 is 0 Å². The molecule has 0 bridgehead atoms. The van der Waals surface area contributed by atoms with Gasteiger partial charge in [0.05, 0.1) is 0 Å². The smallest absolute Gasteiger partial charge is 0.0468 e. The molecule has 0 heterocycles. The molecule has 66 valence electrons. The van der Waals surface area contributed by atoms with Crippen molar-refractivity contribution in [1.82, 2.24) is 0 Å². The summed E-state index contributed by atoms with van der Waals surface area (Å²) >= 11 is 0. The minimum atomic E-state index is 0.257. The second-order valence-electron chi connectivity index (χ2n) is 3.03. The van der Waals surface area contributed by atoms with Gasteiger partial charge in [-0.05, 0) is 19.3 Å². The summed E-state index contributed by atoms with van der Waals surface area (Å²) in [4.78, 5) is 0. The molecule has 0 aliphatic rings. The Morgan fingerprint density at radius 2 is 1.91 bits per heavy atom. The lowest BCUT2D eigenvalue weighted by Crippen LogP contribution is -1.87. The Hall–Kier alpha value is -0.300. The van der Waals surface area contributed by atoms with Crippen molar-refractivity contribution in [3.63, 3.8) is 0 Å². The highest BCUT2D eigenvalue weighted by molar-refractivity contribution is 4.93. The third-order valence-corrected chi connectivity index (χ3v) is 1.85. The quantitative estimate of drug-likeness (QED) is 0.444. The summed E-state index contributed by atoms with van der Waals surface area (Å²) in [6.45, 7) is 6.35. The maximum atomic E-state index is 8.58. The molecule has 0 saturated carbocycles. The standard InChI is InChI=1S/C10H20O/c1-3-4-5-6-7-10(2)8-9-11/h11H,2-9H2,1H3. The normalized spacial score (nSPS) is 10.0. The number of aliphatic hydroxyl groups excluding tert-OH is 1. The van der Waals surface area contributed by atoms with Gasteiger partial charge in [-0.2, -0.15) is 0 Å². The zero-order valence-electron chi connectivity index (χ0n) is 7.60. The number of rotatable bonds is 7. The predicted molar refractivity (Wildman–Crippen MR) is 49.6 cm³/mol. The van der Waals surface area contributed by atoms with E-state index in [9.17, 15) is 0 Å². The second kappa shape index (κ2) is 7.80. The molecule has 0 aliphatic carbocycles. The molecular weight excluding hydrogens is 136 g/mol. The lowest BCUT2D eigenvalue weighted by atomic mass is 10.1. The van der Waals surface area contributed by atoms with Gasteiger partial charge in [-0.15, -0.1) is 0 Å². The third-order valence-electron chi connectivity index (χ3n) is 1.85. The molecule has 0 fully saturated rings. The van der Waals surface area contributed by atoms with Crippen LogP contribution in [0.2, 0.25) is 0 Å². The molecule has 0 aliphatic heterocycles. The molecular formula is C10H20O. The van der Waals surface area contributed by atoms with Gasteiger partial charge in [0.1, 0.15) is 0 Å². The minimum absolute atomic E-state index is 0.257. The maximum Gasteiger partial charge on any atom is 0.0468 e. The molecule has 0 radical (unpaired) electrons. The first kappa shape index (κ1) is 10.7. The van der Waals surface area contributed by atoms with Gasteiger partial charge in [0.15, 0.2) is 0 Å². The van der Waals surface area contributed by atoms with Gasteiger partial charge in [-0.3, -0.25) is 0 Å². The molecule has 1 N–H and O–H groups in total. The monoisotopic (exact) mass is 156 g/mol. The molecule has 0 aromatic carbocycles. The van der Waals surface area contributed by atoms with Crippen molar-refractivity contribution in [2.75, 3.05) is 6.61 Å². The van der Waals surface area contributed by atoms with Gasteiger partial charge in [0, 0.05) is 6.61 Å². The van der Waals surface area contributed by atoms with Crippen molar-refractivity contribution in [3.05, 3.63) is 12.2 Å². The highest BCUT2D eigenvalue weighted by Crippen LogP contribution is 2.10. The van der Waals surface area contributed by atoms with Gasteiger partial charge < -0.3 is 5.11 Å². The molecule has 0 spiro atoms. The Labute approximate surface area is 70.1 Å². The van der Waals surface area contributed by atoms with E-state index in [2.05, 4.69) is 13.5 Å². The van der Waals surface area contributed by atoms with Gasteiger partial charge in [-0.1, -0.05) is 38.3 Å². The van der Waals surface area contributed by atoms with Crippen LogP contribution in [0.1, 0.15) is 45.4 Å². The van der Waals surface area contributed by atoms with Crippen molar-refractivity contribution in [3.8, 4) is 0 Å². The van der Waals surface area contributed by atoms with Gasteiger partial charge in [0.2, 0.25) is 0 Å². The predicted octanol–water partition coefficient (Wildman–Crippen LogP) is 2.90. The van der Waals surface area contributed by atoms with E-state index in [0.29, 0.717) is 0 Å². The van der Waals surface area contributed by atoms with Crippen LogP contribution in [0.5, 0.6) is 0 Å². The number of aliphatic hydroxyl groups is 1. The molecule has 0 saturated heterocycles. The first-order chi connectivity index (χ1) is 5.31. The Balaban J connectivity index is 3.04. The molecule has 1 nitrogen and oxygen atoms in total. The SMILES string of the molecule is C=C(CCO)CCCCCC. The first-order valence-corrected chi connectivity index (χ1v) is 4.58. The minimum Gasteiger partial charge on any atom is -0.396 e. The zero-order valence-corrected chi connectivity index (χ0v) is 7.60. The lowest BCUT2D eigenvalue weighted by Gasteiger charge is -2.01. The molecule has 11 heavy (non-hydrogen) atoms. The van der Waals surface area contributed by atoms with E-state index in [1.807, 2.05) is 0 Å². The van der Waals surface area contributed by atoms with E-state index in [1.165, 1.54) is 31.3 Å². The van der Waals surface area contributed by atoms with Gasteiger partial charge in [0.25, 0.3) is 0 Å². The number of unbranched alkanes of at least 4 members (excludes halogenated alkanes) is 3. The molecule has 0 unspecified atom stereocenters. The van der Waals surface area contributed by atoms with E-state index in [4.69, 9.17) is 5.11 Å². The van der Waals surface area contributed by atoms with Crippen LogP contribution in [0.3, 0.4) is 0 Å². The average Bonchev–Trinajstić information content (AvgIpc) is 1.99. The molecule has 0 atom stereocenters. The second-order valence-corrected chi connectivity index (χ2v) is 3.03. The summed E-state index contributed by atoms with van der Waals surface area (Å²) in [6.07, 6.45) is 7.04. The van der Waals surface area contributed by atoms with E-state index in [0.717, 1.165) is 12.8 Å². The first-order valence-electron chi connectivity index (χ1n) is 4.58. The van der Waals surface area contributed by atoms with E-state index in [-0.39, 0.29) is 6.61 Å². The number of hydrogen-bond donors (Lipinski definition) is 1. The molecule has 0 aromatic heterocycles. The summed E-state index contributed by atoms with van der Waals surface area (Å²) in [5.41, 5.74) is 1.20. The van der Waals surface area contributed by atoms with Crippen molar-refractivity contribution in [1.29, 1.82) is 0 Å². The highest BCUT2D eigenvalue weighted by atomic mass is 16.2. The Morgan fingerprint density at radius 3 is 2.45 bits per heavy atom. The zero-order chi connectivity index (χ0) is 8.53. The van der Waals surface area contributed by atoms with E-state index >= 15 is 0 Å². The van der Waals surface area contributed by atoms with Crippen LogP contribution in [0, 0.1) is 0 Å². The van der Waals surface area contributed by atoms with Crippen LogP contribution in [0.15, 0.2) is 12.2 Å². The van der Waals surface area contributed by atoms with Crippen LogP contribution in [-0.2, 0) is 0 Å². The van der Waals surface area contributed by atoms with Crippen LogP contribution in [0.4, 0.5) is 0 Å². The third kappa shape index (κ3) is 7.60. The topological polar surface area (TPSA) is 20.2 Å². The highest BCUT2D eigenvalue weighted by Gasteiger charge is 1.92. The molecule has 0 rings (SSSR count). The fourth-order valence-corrected chi connectivity index (χ4v) is 1.08. The van der Waals surface area contributed by atoms with Crippen molar-refractivity contribution in [2.24, 2.45) is 0 Å². The van der Waals surface area contributed by atoms with Crippen molar-refractivity contribution in [2.45, 2.75) is 45.4 Å². The van der Waals surface area contributed by atoms with E-state index in [1.54, 1.807) is 0 Å². The Bertz CT molecular complexity index is 97.0.